The van der Waals surface area contributed by atoms with Crippen molar-refractivity contribution in [3.8, 4) is 5.75 Å². The van der Waals surface area contributed by atoms with Gasteiger partial charge < -0.3 is 9.30 Å². The highest BCUT2D eigenvalue weighted by atomic mass is 32.2. The Kier molecular flexibility index (Phi) is 7.76. The molecule has 1 N–H and O–H groups in total. The third-order valence-electron chi connectivity index (χ3n) is 4.89. The van der Waals surface area contributed by atoms with Gasteiger partial charge in [-0.05, 0) is 53.9 Å². The number of carbonyl (C=O) groups excluding carboxylic acids is 1. The average Bonchev–Trinajstić information content (AvgIpc) is 3.20. The maximum atomic E-state index is 12.4. The van der Waals surface area contributed by atoms with E-state index in [1.165, 1.54) is 17.3 Å². The van der Waals surface area contributed by atoms with E-state index in [1.807, 2.05) is 60.7 Å². The standard InChI is InChI=1S/C26H26N4O2S/c1-2-16-32-22-14-12-20(13-15-22)17-27-29-25(31)19-33-26-28-23-10-6-7-11-24(23)30(26)18-21-8-4-3-5-9-21/h3-15,17H,2,16,18-19H2,1H3,(H,29,31)/b27-17+. The van der Waals surface area contributed by atoms with Gasteiger partial charge in [-0.3, -0.25) is 4.79 Å². The topological polar surface area (TPSA) is 68.5 Å². The van der Waals surface area contributed by atoms with Crippen molar-refractivity contribution in [2.24, 2.45) is 5.10 Å². The van der Waals surface area contributed by atoms with E-state index < -0.39 is 0 Å². The molecule has 3 aromatic carbocycles. The Balaban J connectivity index is 1.36. The number of hydrazone groups is 1. The first-order chi connectivity index (χ1) is 16.2. The molecule has 1 heterocycles. The highest BCUT2D eigenvalue weighted by Gasteiger charge is 2.13. The molecule has 0 spiro atoms. The predicted molar refractivity (Wildman–Crippen MR) is 134 cm³/mol. The summed E-state index contributed by atoms with van der Waals surface area (Å²) in [6.07, 6.45) is 2.59. The monoisotopic (exact) mass is 458 g/mol. The fourth-order valence-electron chi connectivity index (χ4n) is 3.29. The van der Waals surface area contributed by atoms with E-state index in [-0.39, 0.29) is 11.7 Å². The molecule has 0 fully saturated rings. The number of amides is 1. The lowest BCUT2D eigenvalue weighted by atomic mass is 10.2. The van der Waals surface area contributed by atoms with Gasteiger partial charge in [0.2, 0.25) is 0 Å². The number of nitrogens with one attached hydrogen (secondary N) is 1. The molecular formula is C26H26N4O2S. The van der Waals surface area contributed by atoms with Crippen LogP contribution in [0.3, 0.4) is 0 Å². The van der Waals surface area contributed by atoms with Crippen LogP contribution in [-0.2, 0) is 11.3 Å². The minimum absolute atomic E-state index is 0.183. The minimum Gasteiger partial charge on any atom is -0.494 e. The van der Waals surface area contributed by atoms with E-state index in [2.05, 4.69) is 40.2 Å². The van der Waals surface area contributed by atoms with E-state index >= 15 is 0 Å². The summed E-state index contributed by atoms with van der Waals surface area (Å²) in [4.78, 5) is 17.1. The molecule has 7 heteroatoms. The smallest absolute Gasteiger partial charge is 0.250 e. The quantitative estimate of drug-likeness (QED) is 0.204. The lowest BCUT2D eigenvalue weighted by Gasteiger charge is -2.09. The Hall–Kier alpha value is -3.58. The molecule has 1 aromatic heterocycles. The van der Waals surface area contributed by atoms with Gasteiger partial charge in [-0.1, -0.05) is 61.2 Å². The van der Waals surface area contributed by atoms with Crippen LogP contribution in [0.1, 0.15) is 24.5 Å². The van der Waals surface area contributed by atoms with Crippen molar-refractivity contribution in [3.05, 3.63) is 90.0 Å². The normalized spacial score (nSPS) is 11.2. The Bertz CT molecular complexity index is 1220. The Morgan fingerprint density at radius 1 is 1.06 bits per heavy atom. The van der Waals surface area contributed by atoms with Gasteiger partial charge in [0.15, 0.2) is 5.16 Å². The van der Waals surface area contributed by atoms with Crippen LogP contribution in [0.2, 0.25) is 0 Å². The first-order valence-corrected chi connectivity index (χ1v) is 11.9. The van der Waals surface area contributed by atoms with Gasteiger partial charge in [0.05, 0.1) is 36.2 Å². The number of fused-ring (bicyclic) bond motifs is 1. The second-order valence-electron chi connectivity index (χ2n) is 7.45. The zero-order valence-corrected chi connectivity index (χ0v) is 19.3. The first-order valence-electron chi connectivity index (χ1n) is 10.9. The zero-order valence-electron chi connectivity index (χ0n) is 18.5. The zero-order chi connectivity index (χ0) is 22.9. The van der Waals surface area contributed by atoms with Gasteiger partial charge in [-0.2, -0.15) is 5.10 Å². The summed E-state index contributed by atoms with van der Waals surface area (Å²) >= 11 is 1.41. The van der Waals surface area contributed by atoms with Crippen LogP contribution in [0.15, 0.2) is 89.1 Å². The molecule has 1 amide bonds. The number of aromatic nitrogens is 2. The molecule has 4 aromatic rings. The summed E-state index contributed by atoms with van der Waals surface area (Å²) < 4.78 is 7.72. The van der Waals surface area contributed by atoms with E-state index in [0.717, 1.165) is 33.9 Å². The maximum Gasteiger partial charge on any atom is 0.250 e. The molecular weight excluding hydrogens is 432 g/mol. The number of thioether (sulfide) groups is 1. The predicted octanol–water partition coefficient (Wildman–Crippen LogP) is 5.12. The van der Waals surface area contributed by atoms with E-state index in [9.17, 15) is 4.79 Å². The number of nitrogens with zero attached hydrogens (tertiary/aromatic N) is 3. The van der Waals surface area contributed by atoms with Crippen molar-refractivity contribution < 1.29 is 9.53 Å². The molecule has 6 nitrogen and oxygen atoms in total. The molecule has 0 atom stereocenters. The fraction of sp³-hybridized carbons (Fsp3) is 0.192. The minimum atomic E-state index is -0.183. The van der Waals surface area contributed by atoms with Gasteiger partial charge in [0.1, 0.15) is 5.75 Å². The maximum absolute atomic E-state index is 12.4. The van der Waals surface area contributed by atoms with Crippen molar-refractivity contribution in [1.82, 2.24) is 15.0 Å². The molecule has 4 rings (SSSR count). The van der Waals surface area contributed by atoms with Crippen LogP contribution in [0.5, 0.6) is 5.75 Å². The Labute approximate surface area is 197 Å². The molecule has 0 unspecified atom stereocenters. The van der Waals surface area contributed by atoms with Crippen molar-refractivity contribution in [3.63, 3.8) is 0 Å². The molecule has 0 saturated carbocycles. The fourth-order valence-corrected chi connectivity index (χ4v) is 4.10. The van der Waals surface area contributed by atoms with Gasteiger partial charge in [-0.15, -0.1) is 0 Å². The molecule has 0 radical (unpaired) electrons. The second kappa shape index (κ2) is 11.3. The van der Waals surface area contributed by atoms with E-state index in [1.54, 1.807) is 6.21 Å². The molecule has 168 valence electrons. The van der Waals surface area contributed by atoms with Crippen molar-refractivity contribution >= 4 is 34.9 Å². The largest absolute Gasteiger partial charge is 0.494 e. The van der Waals surface area contributed by atoms with Crippen LogP contribution < -0.4 is 10.2 Å². The van der Waals surface area contributed by atoms with Crippen LogP contribution in [0, 0.1) is 0 Å². The summed E-state index contributed by atoms with van der Waals surface area (Å²) in [7, 11) is 0. The molecule has 33 heavy (non-hydrogen) atoms. The summed E-state index contributed by atoms with van der Waals surface area (Å²) in [5.74, 6) is 0.865. The van der Waals surface area contributed by atoms with Gasteiger partial charge >= 0.3 is 0 Å². The Morgan fingerprint density at radius 3 is 2.61 bits per heavy atom. The number of hydrogen-bond donors (Lipinski definition) is 1. The average molecular weight is 459 g/mol. The highest BCUT2D eigenvalue weighted by molar-refractivity contribution is 7.99. The van der Waals surface area contributed by atoms with Crippen molar-refractivity contribution in [1.29, 1.82) is 0 Å². The SMILES string of the molecule is CCCOc1ccc(/C=N/NC(=O)CSc2nc3ccccc3n2Cc2ccccc2)cc1. The highest BCUT2D eigenvalue weighted by Crippen LogP contribution is 2.25. The van der Waals surface area contributed by atoms with Gasteiger partial charge in [0.25, 0.3) is 5.91 Å². The molecule has 0 bridgehead atoms. The summed E-state index contributed by atoms with van der Waals surface area (Å²) in [6, 6.07) is 25.9. The number of imidazole rings is 1. The number of carbonyl (C=O) groups is 1. The number of ether oxygens (including phenoxy) is 1. The summed E-state index contributed by atoms with van der Waals surface area (Å²) in [5, 5.41) is 4.88. The Morgan fingerprint density at radius 2 is 1.82 bits per heavy atom. The summed E-state index contributed by atoms with van der Waals surface area (Å²) in [6.45, 7) is 3.46. The molecule has 0 aliphatic heterocycles. The lowest BCUT2D eigenvalue weighted by molar-refractivity contribution is -0.118. The number of benzene rings is 3. The third kappa shape index (κ3) is 6.23. The van der Waals surface area contributed by atoms with Crippen molar-refractivity contribution in [2.45, 2.75) is 25.0 Å². The van der Waals surface area contributed by atoms with E-state index in [0.29, 0.717) is 13.2 Å². The molecule has 0 saturated heterocycles. The first kappa shape index (κ1) is 22.6. The van der Waals surface area contributed by atoms with Crippen LogP contribution in [0.4, 0.5) is 0 Å². The van der Waals surface area contributed by atoms with Crippen LogP contribution in [0.25, 0.3) is 11.0 Å². The van der Waals surface area contributed by atoms with Crippen molar-refractivity contribution in [2.75, 3.05) is 12.4 Å². The second-order valence-corrected chi connectivity index (χ2v) is 8.40. The van der Waals surface area contributed by atoms with Gasteiger partial charge in [0, 0.05) is 0 Å². The van der Waals surface area contributed by atoms with Gasteiger partial charge in [-0.25, -0.2) is 10.4 Å². The van der Waals surface area contributed by atoms with E-state index in [4.69, 9.17) is 9.72 Å². The third-order valence-corrected chi connectivity index (χ3v) is 5.87. The summed E-state index contributed by atoms with van der Waals surface area (Å²) in [5.41, 5.74) is 6.63. The number of hydrogen-bond acceptors (Lipinski definition) is 5. The van der Waals surface area contributed by atoms with Crippen LogP contribution in [-0.4, -0.2) is 34.0 Å². The number of rotatable bonds is 10. The number of para-hydroxylation sites is 2. The molecule has 0 aliphatic carbocycles. The molecule has 0 aliphatic rings. The lowest BCUT2D eigenvalue weighted by Crippen LogP contribution is -2.20. The van der Waals surface area contributed by atoms with Crippen LogP contribution >= 0.6 is 11.8 Å².